The van der Waals surface area contributed by atoms with E-state index in [9.17, 15) is 9.59 Å². The SMILES string of the molecule is C[C@]1(C(=O)NCc2ccccc2)Oc2ccc(Cl)cc2NC1=O. The van der Waals surface area contributed by atoms with E-state index in [4.69, 9.17) is 16.3 Å². The van der Waals surface area contributed by atoms with Crippen molar-refractivity contribution in [1.29, 1.82) is 0 Å². The Kier molecular flexibility index (Phi) is 3.96. The molecular formula is C17H15ClN2O3. The van der Waals surface area contributed by atoms with Gasteiger partial charge in [0, 0.05) is 11.6 Å². The van der Waals surface area contributed by atoms with E-state index in [1.54, 1.807) is 18.2 Å². The third-order valence-corrected chi connectivity index (χ3v) is 3.90. The van der Waals surface area contributed by atoms with E-state index >= 15 is 0 Å². The molecule has 23 heavy (non-hydrogen) atoms. The van der Waals surface area contributed by atoms with E-state index in [1.165, 1.54) is 6.92 Å². The van der Waals surface area contributed by atoms with Crippen LogP contribution in [0.1, 0.15) is 12.5 Å². The van der Waals surface area contributed by atoms with Crippen LogP contribution >= 0.6 is 11.6 Å². The second-order valence-corrected chi connectivity index (χ2v) is 5.83. The van der Waals surface area contributed by atoms with Crippen molar-refractivity contribution in [3.8, 4) is 5.75 Å². The highest BCUT2D eigenvalue weighted by Gasteiger charge is 2.47. The monoisotopic (exact) mass is 330 g/mol. The fourth-order valence-electron chi connectivity index (χ4n) is 2.29. The lowest BCUT2D eigenvalue weighted by atomic mass is 10.0. The number of halogens is 1. The predicted octanol–water partition coefficient (Wildman–Crippen LogP) is 2.75. The van der Waals surface area contributed by atoms with Gasteiger partial charge in [-0.3, -0.25) is 9.59 Å². The molecular weight excluding hydrogens is 316 g/mol. The number of ether oxygens (including phenoxy) is 1. The van der Waals surface area contributed by atoms with Gasteiger partial charge in [0.25, 0.3) is 17.4 Å². The van der Waals surface area contributed by atoms with Gasteiger partial charge < -0.3 is 15.4 Å². The summed E-state index contributed by atoms with van der Waals surface area (Å²) in [5, 5.41) is 5.87. The average molecular weight is 331 g/mol. The van der Waals surface area contributed by atoms with Gasteiger partial charge in [-0.05, 0) is 30.7 Å². The number of carbonyl (C=O) groups excluding carboxylic acids is 2. The number of carbonyl (C=O) groups is 2. The van der Waals surface area contributed by atoms with Crippen molar-refractivity contribution in [2.75, 3.05) is 5.32 Å². The molecule has 0 radical (unpaired) electrons. The molecule has 0 spiro atoms. The Bertz CT molecular complexity index is 764. The van der Waals surface area contributed by atoms with E-state index in [-0.39, 0.29) is 0 Å². The molecule has 1 atom stereocenters. The molecule has 0 aromatic heterocycles. The minimum absolute atomic E-state index is 0.319. The smallest absolute Gasteiger partial charge is 0.278 e. The molecule has 1 aliphatic rings. The highest BCUT2D eigenvalue weighted by Crippen LogP contribution is 2.35. The molecule has 0 aliphatic carbocycles. The Morgan fingerprint density at radius 1 is 1.26 bits per heavy atom. The number of hydrogen-bond donors (Lipinski definition) is 2. The van der Waals surface area contributed by atoms with E-state index in [0.29, 0.717) is 23.0 Å². The van der Waals surface area contributed by atoms with Crippen molar-refractivity contribution in [2.45, 2.75) is 19.1 Å². The first-order chi connectivity index (χ1) is 11.0. The zero-order chi connectivity index (χ0) is 16.4. The molecule has 5 nitrogen and oxygen atoms in total. The number of amides is 2. The van der Waals surface area contributed by atoms with Gasteiger partial charge >= 0.3 is 0 Å². The Morgan fingerprint density at radius 2 is 2.00 bits per heavy atom. The van der Waals surface area contributed by atoms with Crippen LogP contribution in [-0.2, 0) is 16.1 Å². The van der Waals surface area contributed by atoms with Gasteiger partial charge in [0.2, 0.25) is 0 Å². The summed E-state index contributed by atoms with van der Waals surface area (Å²) in [6, 6.07) is 14.3. The van der Waals surface area contributed by atoms with Crippen molar-refractivity contribution in [1.82, 2.24) is 5.32 Å². The normalized spacial score (nSPS) is 19.3. The molecule has 0 bridgehead atoms. The van der Waals surface area contributed by atoms with Crippen molar-refractivity contribution in [3.63, 3.8) is 0 Å². The molecule has 2 aromatic carbocycles. The van der Waals surface area contributed by atoms with E-state index in [1.807, 2.05) is 30.3 Å². The molecule has 6 heteroatoms. The summed E-state index contributed by atoms with van der Waals surface area (Å²) in [5.41, 5.74) is -0.237. The standard InChI is InChI=1S/C17H15ClN2O3/c1-17(15(21)19-10-11-5-3-2-4-6-11)16(22)20-13-9-12(18)7-8-14(13)23-17/h2-9H,10H2,1H3,(H,19,21)(H,20,22)/t17-/m1/s1. The highest BCUT2D eigenvalue weighted by molar-refractivity contribution is 6.31. The molecule has 2 N–H and O–H groups in total. The van der Waals surface area contributed by atoms with Crippen molar-refractivity contribution >= 4 is 29.1 Å². The van der Waals surface area contributed by atoms with Gasteiger partial charge in [-0.2, -0.15) is 0 Å². The summed E-state index contributed by atoms with van der Waals surface area (Å²) >= 11 is 5.89. The average Bonchev–Trinajstić information content (AvgIpc) is 2.55. The lowest BCUT2D eigenvalue weighted by molar-refractivity contribution is -0.146. The van der Waals surface area contributed by atoms with Gasteiger partial charge in [-0.25, -0.2) is 0 Å². The van der Waals surface area contributed by atoms with Crippen LogP contribution in [0.3, 0.4) is 0 Å². The van der Waals surface area contributed by atoms with Crippen LogP contribution in [0.4, 0.5) is 5.69 Å². The fraction of sp³-hybridized carbons (Fsp3) is 0.176. The molecule has 2 amide bonds. The number of benzene rings is 2. The zero-order valence-corrected chi connectivity index (χ0v) is 13.2. The van der Waals surface area contributed by atoms with Crippen molar-refractivity contribution in [3.05, 3.63) is 59.1 Å². The number of rotatable bonds is 3. The van der Waals surface area contributed by atoms with Crippen LogP contribution in [0.2, 0.25) is 5.02 Å². The third-order valence-electron chi connectivity index (χ3n) is 3.67. The Labute approximate surface area is 138 Å². The molecule has 0 saturated heterocycles. The Hall–Kier alpha value is -2.53. The predicted molar refractivity (Wildman–Crippen MR) is 87.4 cm³/mol. The summed E-state index contributed by atoms with van der Waals surface area (Å²) in [6.07, 6.45) is 0. The third kappa shape index (κ3) is 3.00. The minimum atomic E-state index is -1.63. The summed E-state index contributed by atoms with van der Waals surface area (Å²) in [4.78, 5) is 24.8. The topological polar surface area (TPSA) is 67.4 Å². The Morgan fingerprint density at radius 3 is 2.74 bits per heavy atom. The second kappa shape index (κ2) is 5.93. The number of nitrogens with one attached hydrogen (secondary N) is 2. The van der Waals surface area contributed by atoms with Crippen LogP contribution in [0.5, 0.6) is 5.75 Å². The largest absolute Gasteiger partial charge is 0.466 e. The van der Waals surface area contributed by atoms with E-state index in [0.717, 1.165) is 5.56 Å². The lowest BCUT2D eigenvalue weighted by Gasteiger charge is -2.33. The van der Waals surface area contributed by atoms with Gasteiger partial charge in [0.05, 0.1) is 5.69 Å². The van der Waals surface area contributed by atoms with Gasteiger partial charge in [-0.15, -0.1) is 0 Å². The maximum absolute atomic E-state index is 12.5. The van der Waals surface area contributed by atoms with Crippen LogP contribution in [-0.4, -0.2) is 17.4 Å². The van der Waals surface area contributed by atoms with Gasteiger partial charge in [0.15, 0.2) is 0 Å². The molecule has 118 valence electrons. The molecule has 1 aliphatic heterocycles. The number of hydrogen-bond acceptors (Lipinski definition) is 3. The fourth-order valence-corrected chi connectivity index (χ4v) is 2.47. The number of anilines is 1. The van der Waals surface area contributed by atoms with E-state index in [2.05, 4.69) is 10.6 Å². The van der Waals surface area contributed by atoms with Crippen LogP contribution in [0.25, 0.3) is 0 Å². The molecule has 0 unspecified atom stereocenters. The molecule has 3 rings (SSSR count). The minimum Gasteiger partial charge on any atom is -0.466 e. The molecule has 2 aromatic rings. The van der Waals surface area contributed by atoms with Gasteiger partial charge in [-0.1, -0.05) is 41.9 Å². The first-order valence-corrected chi connectivity index (χ1v) is 7.49. The van der Waals surface area contributed by atoms with Crippen LogP contribution < -0.4 is 15.4 Å². The first-order valence-electron chi connectivity index (χ1n) is 7.11. The maximum Gasteiger partial charge on any atom is 0.278 e. The first kappa shape index (κ1) is 15.4. The summed E-state index contributed by atoms with van der Waals surface area (Å²) < 4.78 is 5.65. The maximum atomic E-state index is 12.5. The highest BCUT2D eigenvalue weighted by atomic mass is 35.5. The number of fused-ring (bicyclic) bond motifs is 1. The van der Waals surface area contributed by atoms with Gasteiger partial charge in [0.1, 0.15) is 5.75 Å². The lowest BCUT2D eigenvalue weighted by Crippen LogP contribution is -2.58. The van der Waals surface area contributed by atoms with Crippen LogP contribution in [0.15, 0.2) is 48.5 Å². The quantitative estimate of drug-likeness (QED) is 0.850. The Balaban J connectivity index is 1.77. The molecule has 0 saturated carbocycles. The van der Waals surface area contributed by atoms with E-state index < -0.39 is 17.4 Å². The van der Waals surface area contributed by atoms with Crippen molar-refractivity contribution < 1.29 is 14.3 Å². The summed E-state index contributed by atoms with van der Waals surface area (Å²) in [5.74, 6) is -0.622. The molecule has 0 fully saturated rings. The summed E-state index contributed by atoms with van der Waals surface area (Å²) in [6.45, 7) is 1.76. The second-order valence-electron chi connectivity index (χ2n) is 5.40. The zero-order valence-electron chi connectivity index (χ0n) is 12.4. The molecule has 1 heterocycles. The van der Waals surface area contributed by atoms with Crippen LogP contribution in [0, 0.1) is 0 Å². The van der Waals surface area contributed by atoms with Crippen molar-refractivity contribution in [2.24, 2.45) is 0 Å². The summed E-state index contributed by atoms with van der Waals surface area (Å²) in [7, 11) is 0.